The van der Waals surface area contributed by atoms with Crippen molar-refractivity contribution in [3.05, 3.63) is 58.0 Å². The van der Waals surface area contributed by atoms with Gasteiger partial charge in [-0.1, -0.05) is 30.3 Å². The summed E-state index contributed by atoms with van der Waals surface area (Å²) < 4.78 is 36.7. The minimum Gasteiger partial charge on any atom is -0.462 e. The van der Waals surface area contributed by atoms with Crippen LogP contribution in [0.25, 0.3) is 0 Å². The quantitative estimate of drug-likeness (QED) is 0.465. The topological polar surface area (TPSA) is 85.6 Å². The van der Waals surface area contributed by atoms with Gasteiger partial charge in [0, 0.05) is 41.7 Å². The molecule has 11 heteroatoms. The van der Waals surface area contributed by atoms with E-state index in [1.807, 2.05) is 30.1 Å². The number of ether oxygens (including phenoxy) is 1. The van der Waals surface area contributed by atoms with Crippen molar-refractivity contribution in [1.82, 2.24) is 19.8 Å². The van der Waals surface area contributed by atoms with Crippen LogP contribution in [-0.4, -0.2) is 77.6 Å². The van der Waals surface area contributed by atoms with E-state index in [0.717, 1.165) is 29.7 Å². The SMILES string of the molecule is C=C(F)C(=O)N1CCN(c2nc(OC[C@H]3CCN3C)nc3c2CC[C@@]2(CCc4c(Cl)cccc42)[C@H]3F)C[C@@H]1CC#N. The number of hydrogen-bond donors (Lipinski definition) is 0. The van der Waals surface area contributed by atoms with Gasteiger partial charge >= 0.3 is 6.01 Å². The Balaban J connectivity index is 1.37. The lowest BCUT2D eigenvalue weighted by atomic mass is 9.68. The zero-order valence-corrected chi connectivity index (χ0v) is 23.8. The predicted molar refractivity (Wildman–Crippen MR) is 150 cm³/mol. The third-order valence-corrected chi connectivity index (χ3v) is 9.82. The summed E-state index contributed by atoms with van der Waals surface area (Å²) in [5.41, 5.74) is 2.29. The van der Waals surface area contributed by atoms with Crippen molar-refractivity contribution in [2.24, 2.45) is 0 Å². The van der Waals surface area contributed by atoms with Crippen molar-refractivity contribution in [1.29, 1.82) is 5.26 Å². The highest BCUT2D eigenvalue weighted by Crippen LogP contribution is 2.56. The Labute approximate surface area is 243 Å². The molecule has 0 saturated carbocycles. The zero-order chi connectivity index (χ0) is 28.9. The number of amides is 1. The predicted octanol–water partition coefficient (Wildman–Crippen LogP) is 4.47. The number of carbonyl (C=O) groups excluding carboxylic acids is 1. The summed E-state index contributed by atoms with van der Waals surface area (Å²) in [7, 11) is 2.03. The first-order valence-electron chi connectivity index (χ1n) is 14.2. The molecule has 41 heavy (non-hydrogen) atoms. The Hall–Kier alpha value is -3.29. The van der Waals surface area contributed by atoms with Gasteiger partial charge in [-0.15, -0.1) is 0 Å². The van der Waals surface area contributed by atoms with Gasteiger partial charge in [0.1, 0.15) is 12.4 Å². The van der Waals surface area contributed by atoms with E-state index in [2.05, 4.69) is 22.5 Å². The molecule has 1 amide bonds. The molecule has 216 valence electrons. The molecule has 4 atom stereocenters. The van der Waals surface area contributed by atoms with Gasteiger partial charge in [-0.2, -0.15) is 15.2 Å². The van der Waals surface area contributed by atoms with Crippen molar-refractivity contribution < 1.29 is 18.3 Å². The van der Waals surface area contributed by atoms with Crippen LogP contribution in [0.3, 0.4) is 0 Å². The second-order valence-corrected chi connectivity index (χ2v) is 12.0. The van der Waals surface area contributed by atoms with Gasteiger partial charge in [0.15, 0.2) is 12.0 Å². The third-order valence-electron chi connectivity index (χ3n) is 9.46. The molecule has 0 unspecified atom stereocenters. The van der Waals surface area contributed by atoms with Crippen molar-refractivity contribution in [2.45, 2.75) is 62.2 Å². The Morgan fingerprint density at radius 3 is 2.68 bits per heavy atom. The number of likely N-dealkylation sites (tertiary alicyclic amines) is 1. The number of anilines is 1. The van der Waals surface area contributed by atoms with Crippen molar-refractivity contribution >= 4 is 23.3 Å². The van der Waals surface area contributed by atoms with Gasteiger partial charge in [-0.25, -0.2) is 8.78 Å². The van der Waals surface area contributed by atoms with Crippen LogP contribution in [0.4, 0.5) is 14.6 Å². The Kier molecular flexibility index (Phi) is 7.37. The van der Waals surface area contributed by atoms with Crippen molar-refractivity contribution in [2.75, 3.05) is 44.7 Å². The number of hydrogen-bond acceptors (Lipinski definition) is 7. The van der Waals surface area contributed by atoms with Gasteiger partial charge < -0.3 is 14.5 Å². The van der Waals surface area contributed by atoms with Crippen molar-refractivity contribution in [3.63, 3.8) is 0 Å². The number of nitriles is 1. The molecule has 2 fully saturated rings. The summed E-state index contributed by atoms with van der Waals surface area (Å²) >= 11 is 6.51. The molecule has 2 aromatic rings. The molecule has 0 radical (unpaired) electrons. The van der Waals surface area contributed by atoms with Crippen LogP contribution >= 0.6 is 11.6 Å². The van der Waals surface area contributed by atoms with Crippen molar-refractivity contribution in [3.8, 4) is 12.1 Å². The molecule has 8 nitrogen and oxygen atoms in total. The van der Waals surface area contributed by atoms with Gasteiger partial charge in [0.05, 0.1) is 24.2 Å². The fourth-order valence-corrected chi connectivity index (χ4v) is 7.24. The maximum Gasteiger partial charge on any atom is 0.318 e. The molecular weight excluding hydrogens is 550 g/mol. The average molecular weight is 583 g/mol. The van der Waals surface area contributed by atoms with Crippen LogP contribution in [0.15, 0.2) is 30.6 Å². The number of benzene rings is 1. The fourth-order valence-electron chi connectivity index (χ4n) is 6.97. The molecule has 2 aliphatic carbocycles. The van der Waals surface area contributed by atoms with E-state index in [-0.39, 0.29) is 31.6 Å². The standard InChI is InChI=1S/C30H33ClF2N6O2/c1-18(32)28(40)39-15-14-38(16-19(39)8-12-34)27-22-7-11-30(10-6-21-23(30)4-3-5-24(21)31)26(33)25(22)35-29(36-27)41-17-20-9-13-37(20)2/h3-5,19-20,26H,1,6-11,13-17H2,2H3/t19-,20+,26-,30+/m0/s1. The molecule has 4 aliphatic rings. The summed E-state index contributed by atoms with van der Waals surface area (Å²) in [6.07, 6.45) is 2.15. The van der Waals surface area contributed by atoms with Gasteiger partial charge in [-0.05, 0) is 62.9 Å². The molecule has 1 aromatic carbocycles. The highest BCUT2D eigenvalue weighted by Gasteiger charge is 2.51. The van der Waals surface area contributed by atoms with E-state index in [1.54, 1.807) is 0 Å². The average Bonchev–Trinajstić information content (AvgIpc) is 3.34. The number of carbonyl (C=O) groups is 1. The molecule has 3 heterocycles. The number of piperazine rings is 1. The normalized spacial score (nSPS) is 27.1. The summed E-state index contributed by atoms with van der Waals surface area (Å²) in [4.78, 5) is 27.4. The first-order valence-corrected chi connectivity index (χ1v) is 14.5. The second-order valence-electron chi connectivity index (χ2n) is 11.6. The lowest BCUT2D eigenvalue weighted by Gasteiger charge is -2.43. The van der Waals surface area contributed by atoms with Gasteiger partial charge in [0.25, 0.3) is 5.91 Å². The molecule has 0 N–H and O–H groups in total. The number of nitrogens with zero attached hydrogens (tertiary/aromatic N) is 6. The second kappa shape index (κ2) is 10.8. The Morgan fingerprint density at radius 2 is 2.00 bits per heavy atom. The molecule has 2 aliphatic heterocycles. The van der Waals surface area contributed by atoms with E-state index in [1.165, 1.54) is 4.90 Å². The monoisotopic (exact) mass is 582 g/mol. The highest BCUT2D eigenvalue weighted by atomic mass is 35.5. The minimum absolute atomic E-state index is 0.0204. The maximum absolute atomic E-state index is 16.9. The van der Waals surface area contributed by atoms with Crippen LogP contribution in [0.5, 0.6) is 6.01 Å². The van der Waals surface area contributed by atoms with E-state index in [9.17, 15) is 14.4 Å². The van der Waals surface area contributed by atoms with Gasteiger partial charge in [-0.3, -0.25) is 9.69 Å². The molecular formula is C30H33ClF2N6O2. The number of halogens is 3. The van der Waals surface area contributed by atoms with E-state index < -0.39 is 29.4 Å². The summed E-state index contributed by atoms with van der Waals surface area (Å²) in [6.45, 7) is 5.31. The summed E-state index contributed by atoms with van der Waals surface area (Å²) in [5.74, 6) is -1.31. The fraction of sp³-hybridized carbons (Fsp3) is 0.533. The molecule has 1 aromatic heterocycles. The summed E-state index contributed by atoms with van der Waals surface area (Å²) in [5, 5.41) is 10.1. The summed E-state index contributed by atoms with van der Waals surface area (Å²) in [6, 6.07) is 7.63. The lowest BCUT2D eigenvalue weighted by Crippen LogP contribution is -2.55. The largest absolute Gasteiger partial charge is 0.462 e. The van der Waals surface area contributed by atoms with Crippen LogP contribution in [0.2, 0.25) is 5.02 Å². The Morgan fingerprint density at radius 1 is 1.22 bits per heavy atom. The molecule has 2 saturated heterocycles. The van der Waals surface area contributed by atoms with E-state index >= 15 is 4.39 Å². The maximum atomic E-state index is 16.9. The Bertz CT molecular complexity index is 1430. The lowest BCUT2D eigenvalue weighted by molar-refractivity contribution is -0.131. The van der Waals surface area contributed by atoms with Crippen LogP contribution in [0.1, 0.15) is 54.2 Å². The number of alkyl halides is 1. The minimum atomic E-state index is -1.38. The molecule has 6 rings (SSSR count). The number of likely N-dealkylation sites (N-methyl/N-ethyl adjacent to an activating group) is 1. The van der Waals surface area contributed by atoms with Gasteiger partial charge in [0.2, 0.25) is 0 Å². The van der Waals surface area contributed by atoms with Crippen LogP contribution in [-0.2, 0) is 23.1 Å². The zero-order valence-electron chi connectivity index (χ0n) is 23.1. The number of aromatic nitrogens is 2. The first-order chi connectivity index (χ1) is 19.7. The highest BCUT2D eigenvalue weighted by molar-refractivity contribution is 6.31. The first kappa shape index (κ1) is 27.9. The third kappa shape index (κ3) is 4.73. The van der Waals surface area contributed by atoms with Crippen LogP contribution < -0.4 is 9.64 Å². The van der Waals surface area contributed by atoms with Crippen LogP contribution in [0, 0.1) is 11.3 Å². The van der Waals surface area contributed by atoms with E-state index in [0.29, 0.717) is 55.4 Å². The molecule has 1 spiro atoms. The smallest absolute Gasteiger partial charge is 0.318 e. The number of rotatable bonds is 6. The number of fused-ring (bicyclic) bond motifs is 3. The van der Waals surface area contributed by atoms with E-state index in [4.69, 9.17) is 21.3 Å². The molecule has 0 bridgehead atoms.